The molecule has 0 amide bonds. The van der Waals surface area contributed by atoms with E-state index in [-0.39, 0.29) is 6.54 Å². The van der Waals surface area contributed by atoms with Crippen molar-refractivity contribution in [2.75, 3.05) is 44.2 Å². The van der Waals surface area contributed by atoms with Crippen molar-refractivity contribution < 1.29 is 14.6 Å². The fraction of sp³-hybridized carbons (Fsp3) is 0.643. The average Bonchev–Trinajstić information content (AvgIpc) is 2.70. The molecule has 1 N–H and O–H groups in total. The Bertz CT molecular complexity index is 469. The Morgan fingerprint density at radius 1 is 1.33 bits per heavy atom. The number of aromatic nitrogens is 2. The summed E-state index contributed by atoms with van der Waals surface area (Å²) in [6, 6.07) is 1.85. The van der Waals surface area contributed by atoms with Crippen molar-refractivity contribution >= 4 is 11.8 Å². The zero-order valence-electron chi connectivity index (χ0n) is 12.4. The molecular weight excluding hydrogens is 272 g/mol. The van der Waals surface area contributed by atoms with Gasteiger partial charge in [-0.25, -0.2) is 9.97 Å². The molecule has 0 atom stereocenters. The van der Waals surface area contributed by atoms with E-state index >= 15 is 0 Å². The number of aliphatic carboxylic acids is 1. The van der Waals surface area contributed by atoms with Gasteiger partial charge in [-0.15, -0.1) is 0 Å². The standard InChI is InChI=1S/C14H22N4O3/c1-2-8-21-13-9-12(15-11-16-13)18-5-3-4-17(6-7-18)10-14(19)20/h9,11H,2-8,10H2,1H3,(H,19,20). The first kappa shape index (κ1) is 15.5. The van der Waals surface area contributed by atoms with Gasteiger partial charge < -0.3 is 14.7 Å². The molecule has 1 aliphatic rings. The molecule has 1 aliphatic heterocycles. The summed E-state index contributed by atoms with van der Waals surface area (Å²) in [4.78, 5) is 23.3. The molecule has 21 heavy (non-hydrogen) atoms. The molecule has 0 aliphatic carbocycles. The monoisotopic (exact) mass is 294 g/mol. The van der Waals surface area contributed by atoms with Crippen LogP contribution in [0.2, 0.25) is 0 Å². The summed E-state index contributed by atoms with van der Waals surface area (Å²) < 4.78 is 5.53. The van der Waals surface area contributed by atoms with Crippen LogP contribution in [-0.2, 0) is 4.79 Å². The summed E-state index contributed by atoms with van der Waals surface area (Å²) in [5.41, 5.74) is 0. The molecule has 1 saturated heterocycles. The first-order valence-electron chi connectivity index (χ1n) is 7.33. The van der Waals surface area contributed by atoms with Gasteiger partial charge in [0.05, 0.1) is 13.2 Å². The molecule has 0 radical (unpaired) electrons. The summed E-state index contributed by atoms with van der Waals surface area (Å²) in [5, 5.41) is 8.87. The number of carboxylic acid groups (broad SMARTS) is 1. The van der Waals surface area contributed by atoms with E-state index in [1.54, 1.807) is 0 Å². The zero-order valence-corrected chi connectivity index (χ0v) is 12.4. The Labute approximate surface area is 124 Å². The molecule has 0 aromatic carbocycles. The van der Waals surface area contributed by atoms with Crippen LogP contribution in [-0.4, -0.2) is 65.3 Å². The first-order chi connectivity index (χ1) is 10.2. The van der Waals surface area contributed by atoms with Gasteiger partial charge in [0.1, 0.15) is 12.1 Å². The molecule has 1 aromatic rings. The lowest BCUT2D eigenvalue weighted by Crippen LogP contribution is -2.34. The summed E-state index contributed by atoms with van der Waals surface area (Å²) >= 11 is 0. The quantitative estimate of drug-likeness (QED) is 0.833. The average molecular weight is 294 g/mol. The molecule has 1 aromatic heterocycles. The highest BCUT2D eigenvalue weighted by molar-refractivity contribution is 5.69. The number of carboxylic acids is 1. The molecule has 116 valence electrons. The molecule has 7 heteroatoms. The molecule has 0 saturated carbocycles. The number of hydrogen-bond donors (Lipinski definition) is 1. The van der Waals surface area contributed by atoms with Crippen LogP contribution < -0.4 is 9.64 Å². The van der Waals surface area contributed by atoms with Gasteiger partial charge in [-0.1, -0.05) is 6.92 Å². The highest BCUT2D eigenvalue weighted by Crippen LogP contribution is 2.17. The van der Waals surface area contributed by atoms with E-state index in [0.717, 1.165) is 44.8 Å². The van der Waals surface area contributed by atoms with Gasteiger partial charge in [-0.3, -0.25) is 9.69 Å². The van der Waals surface area contributed by atoms with Crippen molar-refractivity contribution in [2.24, 2.45) is 0 Å². The second-order valence-electron chi connectivity index (χ2n) is 5.07. The lowest BCUT2D eigenvalue weighted by molar-refractivity contribution is -0.138. The molecule has 1 fully saturated rings. The van der Waals surface area contributed by atoms with Gasteiger partial charge in [0.2, 0.25) is 5.88 Å². The largest absolute Gasteiger partial charge is 0.480 e. The number of nitrogens with zero attached hydrogens (tertiary/aromatic N) is 4. The molecular formula is C14H22N4O3. The van der Waals surface area contributed by atoms with E-state index in [1.165, 1.54) is 6.33 Å². The van der Waals surface area contributed by atoms with Crippen LogP contribution in [0.25, 0.3) is 0 Å². The summed E-state index contributed by atoms with van der Waals surface area (Å²) in [7, 11) is 0. The van der Waals surface area contributed by atoms with Gasteiger partial charge in [0, 0.05) is 32.2 Å². The maximum Gasteiger partial charge on any atom is 0.317 e. The van der Waals surface area contributed by atoms with E-state index in [4.69, 9.17) is 9.84 Å². The zero-order chi connectivity index (χ0) is 15.1. The van der Waals surface area contributed by atoms with Crippen LogP contribution in [0.1, 0.15) is 19.8 Å². The van der Waals surface area contributed by atoms with Gasteiger partial charge in [-0.05, 0) is 12.8 Å². The van der Waals surface area contributed by atoms with Crippen LogP contribution in [0.3, 0.4) is 0 Å². The fourth-order valence-electron chi connectivity index (χ4n) is 2.34. The minimum Gasteiger partial charge on any atom is -0.480 e. The van der Waals surface area contributed by atoms with Crippen molar-refractivity contribution in [3.8, 4) is 5.88 Å². The molecule has 0 spiro atoms. The third kappa shape index (κ3) is 4.86. The molecule has 2 rings (SSSR count). The predicted molar refractivity (Wildman–Crippen MR) is 78.7 cm³/mol. The van der Waals surface area contributed by atoms with E-state index in [1.807, 2.05) is 17.9 Å². The van der Waals surface area contributed by atoms with Crippen molar-refractivity contribution in [3.05, 3.63) is 12.4 Å². The van der Waals surface area contributed by atoms with Gasteiger partial charge in [-0.2, -0.15) is 0 Å². The topological polar surface area (TPSA) is 78.8 Å². The van der Waals surface area contributed by atoms with Crippen molar-refractivity contribution in [1.29, 1.82) is 0 Å². The maximum absolute atomic E-state index is 10.8. The lowest BCUT2D eigenvalue weighted by Gasteiger charge is -2.22. The highest BCUT2D eigenvalue weighted by Gasteiger charge is 2.18. The Morgan fingerprint density at radius 3 is 2.95 bits per heavy atom. The lowest BCUT2D eigenvalue weighted by atomic mass is 10.3. The Hall–Kier alpha value is -1.89. The number of rotatable bonds is 6. The Morgan fingerprint density at radius 2 is 2.19 bits per heavy atom. The minimum absolute atomic E-state index is 0.0997. The van der Waals surface area contributed by atoms with Crippen LogP contribution >= 0.6 is 0 Å². The first-order valence-corrected chi connectivity index (χ1v) is 7.33. The van der Waals surface area contributed by atoms with Crippen LogP contribution in [0, 0.1) is 0 Å². The molecule has 0 bridgehead atoms. The highest BCUT2D eigenvalue weighted by atomic mass is 16.5. The third-order valence-corrected chi connectivity index (χ3v) is 3.35. The van der Waals surface area contributed by atoms with Crippen LogP contribution in [0.15, 0.2) is 12.4 Å². The van der Waals surface area contributed by atoms with Gasteiger partial charge in [0.15, 0.2) is 0 Å². The SMILES string of the molecule is CCCOc1cc(N2CCCN(CC(=O)O)CC2)ncn1. The summed E-state index contributed by atoms with van der Waals surface area (Å²) in [5.74, 6) is 0.655. The predicted octanol–water partition coefficient (Wildman–Crippen LogP) is 0.862. The van der Waals surface area contributed by atoms with Gasteiger partial charge >= 0.3 is 5.97 Å². The Balaban J connectivity index is 1.96. The molecule has 0 unspecified atom stereocenters. The number of hydrogen-bond acceptors (Lipinski definition) is 6. The number of carbonyl (C=O) groups is 1. The number of ether oxygens (including phenoxy) is 1. The summed E-state index contributed by atoms with van der Waals surface area (Å²) in [6.07, 6.45) is 3.37. The molecule has 7 nitrogen and oxygen atoms in total. The molecule has 2 heterocycles. The normalized spacial score (nSPS) is 16.5. The second kappa shape index (κ2) is 7.78. The van der Waals surface area contributed by atoms with Crippen molar-refractivity contribution in [2.45, 2.75) is 19.8 Å². The Kier molecular flexibility index (Phi) is 5.74. The summed E-state index contributed by atoms with van der Waals surface area (Å²) in [6.45, 7) is 5.94. The van der Waals surface area contributed by atoms with E-state index < -0.39 is 5.97 Å². The van der Waals surface area contributed by atoms with Gasteiger partial charge in [0.25, 0.3) is 0 Å². The third-order valence-electron chi connectivity index (χ3n) is 3.35. The van der Waals surface area contributed by atoms with Crippen LogP contribution in [0.4, 0.5) is 5.82 Å². The van der Waals surface area contributed by atoms with Crippen molar-refractivity contribution in [3.63, 3.8) is 0 Å². The fourth-order valence-corrected chi connectivity index (χ4v) is 2.34. The van der Waals surface area contributed by atoms with E-state index in [2.05, 4.69) is 14.9 Å². The smallest absolute Gasteiger partial charge is 0.317 e. The minimum atomic E-state index is -0.777. The maximum atomic E-state index is 10.8. The van der Waals surface area contributed by atoms with Crippen LogP contribution in [0.5, 0.6) is 5.88 Å². The van der Waals surface area contributed by atoms with E-state index in [9.17, 15) is 4.79 Å². The van der Waals surface area contributed by atoms with Crippen molar-refractivity contribution in [1.82, 2.24) is 14.9 Å². The van der Waals surface area contributed by atoms with E-state index in [0.29, 0.717) is 12.5 Å². The second-order valence-corrected chi connectivity index (χ2v) is 5.07. The number of anilines is 1.